The van der Waals surface area contributed by atoms with Crippen LogP contribution in [0.2, 0.25) is 0 Å². The largest absolute Gasteiger partial charge is 0.379 e. The number of nitrogens with zero attached hydrogens (tertiary/aromatic N) is 1. The summed E-state index contributed by atoms with van der Waals surface area (Å²) in [6, 6.07) is 14.1. The SMILES string of the molecule is Cc1ccccc1S(=O)(=O)Nc1ccc(C2(C(=O)NCCCN3CCOCC3)CC2)cc1. The lowest BCUT2D eigenvalue weighted by atomic mass is 9.95. The first-order valence-corrected chi connectivity index (χ1v) is 12.7. The summed E-state index contributed by atoms with van der Waals surface area (Å²) in [6.45, 7) is 6.88. The number of anilines is 1. The van der Waals surface area contributed by atoms with Crippen molar-refractivity contribution in [2.45, 2.75) is 36.5 Å². The zero-order valence-electron chi connectivity index (χ0n) is 18.5. The van der Waals surface area contributed by atoms with E-state index in [1.165, 1.54) is 0 Å². The Morgan fingerprint density at radius 2 is 1.75 bits per heavy atom. The van der Waals surface area contributed by atoms with Crippen LogP contribution in [-0.4, -0.2) is 58.6 Å². The monoisotopic (exact) mass is 457 g/mol. The molecule has 0 aromatic heterocycles. The summed E-state index contributed by atoms with van der Waals surface area (Å²) in [5, 5.41) is 3.10. The topological polar surface area (TPSA) is 87.7 Å². The molecule has 0 spiro atoms. The number of rotatable bonds is 9. The van der Waals surface area contributed by atoms with Crippen LogP contribution in [0, 0.1) is 6.92 Å². The quantitative estimate of drug-likeness (QED) is 0.566. The zero-order valence-corrected chi connectivity index (χ0v) is 19.3. The normalized spacial score (nSPS) is 18.2. The van der Waals surface area contributed by atoms with E-state index in [0.29, 0.717) is 17.8 Å². The fourth-order valence-electron chi connectivity index (χ4n) is 4.20. The number of benzene rings is 2. The third-order valence-corrected chi connectivity index (χ3v) is 7.84. The van der Waals surface area contributed by atoms with Crippen molar-refractivity contribution in [2.24, 2.45) is 0 Å². The highest BCUT2D eigenvalue weighted by atomic mass is 32.2. The molecule has 1 amide bonds. The number of hydrogen-bond donors (Lipinski definition) is 2. The van der Waals surface area contributed by atoms with Crippen LogP contribution in [0.25, 0.3) is 0 Å². The minimum absolute atomic E-state index is 0.0627. The Balaban J connectivity index is 1.33. The lowest BCUT2D eigenvalue weighted by Gasteiger charge is -2.26. The van der Waals surface area contributed by atoms with Gasteiger partial charge in [0, 0.05) is 25.3 Å². The second-order valence-electron chi connectivity index (χ2n) is 8.59. The Bertz CT molecular complexity index is 1040. The van der Waals surface area contributed by atoms with Crippen LogP contribution in [0.5, 0.6) is 0 Å². The van der Waals surface area contributed by atoms with Crippen molar-refractivity contribution in [1.29, 1.82) is 0 Å². The van der Waals surface area contributed by atoms with Gasteiger partial charge < -0.3 is 10.1 Å². The lowest BCUT2D eigenvalue weighted by Crippen LogP contribution is -2.39. The molecule has 0 atom stereocenters. The Morgan fingerprint density at radius 1 is 1.06 bits per heavy atom. The number of sulfonamides is 1. The number of carbonyl (C=O) groups is 1. The molecule has 32 heavy (non-hydrogen) atoms. The van der Waals surface area contributed by atoms with E-state index in [-0.39, 0.29) is 10.8 Å². The molecule has 1 aliphatic heterocycles. The highest BCUT2D eigenvalue weighted by molar-refractivity contribution is 7.92. The summed E-state index contributed by atoms with van der Waals surface area (Å²) in [6.07, 6.45) is 2.55. The summed E-state index contributed by atoms with van der Waals surface area (Å²) < 4.78 is 33.4. The van der Waals surface area contributed by atoms with Gasteiger partial charge in [-0.1, -0.05) is 30.3 Å². The molecule has 0 unspecified atom stereocenters. The van der Waals surface area contributed by atoms with E-state index in [9.17, 15) is 13.2 Å². The molecule has 172 valence electrons. The van der Waals surface area contributed by atoms with Gasteiger partial charge in [-0.05, 0) is 62.1 Å². The van der Waals surface area contributed by atoms with E-state index in [1.807, 2.05) is 18.2 Å². The van der Waals surface area contributed by atoms with Crippen LogP contribution in [0.15, 0.2) is 53.4 Å². The second-order valence-corrected chi connectivity index (χ2v) is 10.2. The van der Waals surface area contributed by atoms with E-state index < -0.39 is 15.4 Å². The van der Waals surface area contributed by atoms with Crippen molar-refractivity contribution in [3.8, 4) is 0 Å². The van der Waals surface area contributed by atoms with Crippen LogP contribution >= 0.6 is 0 Å². The minimum atomic E-state index is -3.66. The van der Waals surface area contributed by atoms with Crippen LogP contribution in [0.4, 0.5) is 5.69 Å². The predicted molar refractivity (Wildman–Crippen MR) is 124 cm³/mol. The van der Waals surface area contributed by atoms with E-state index in [2.05, 4.69) is 14.9 Å². The molecular formula is C24H31N3O4S. The molecule has 2 aromatic rings. The fourth-order valence-corrected chi connectivity index (χ4v) is 5.50. The average molecular weight is 458 g/mol. The maximum absolute atomic E-state index is 12.9. The lowest BCUT2D eigenvalue weighted by molar-refractivity contribution is -0.123. The van der Waals surface area contributed by atoms with Crippen molar-refractivity contribution in [3.63, 3.8) is 0 Å². The van der Waals surface area contributed by atoms with Crippen LogP contribution < -0.4 is 10.0 Å². The first-order chi connectivity index (χ1) is 15.4. The molecule has 4 rings (SSSR count). The number of amides is 1. The first-order valence-electron chi connectivity index (χ1n) is 11.2. The molecule has 2 aliphatic rings. The van der Waals surface area contributed by atoms with Gasteiger partial charge in [-0.25, -0.2) is 8.42 Å². The van der Waals surface area contributed by atoms with Gasteiger partial charge in [0.05, 0.1) is 23.5 Å². The summed E-state index contributed by atoms with van der Waals surface area (Å²) in [4.78, 5) is 15.5. The predicted octanol–water partition coefficient (Wildman–Crippen LogP) is 2.67. The van der Waals surface area contributed by atoms with Crippen LogP contribution in [0.3, 0.4) is 0 Å². The molecule has 0 bridgehead atoms. The van der Waals surface area contributed by atoms with Gasteiger partial charge in [0.15, 0.2) is 0 Å². The van der Waals surface area contributed by atoms with E-state index in [0.717, 1.165) is 57.7 Å². The number of nitrogens with one attached hydrogen (secondary N) is 2. The molecule has 8 heteroatoms. The van der Waals surface area contributed by atoms with Gasteiger partial charge in [-0.15, -0.1) is 0 Å². The maximum Gasteiger partial charge on any atom is 0.262 e. The third-order valence-electron chi connectivity index (χ3n) is 6.30. The number of ether oxygens (including phenoxy) is 1. The van der Waals surface area contributed by atoms with E-state index in [1.54, 1.807) is 37.3 Å². The molecule has 2 fully saturated rings. The molecule has 1 heterocycles. The molecular weight excluding hydrogens is 426 g/mol. The summed E-state index contributed by atoms with van der Waals surface area (Å²) in [7, 11) is -3.66. The van der Waals surface area contributed by atoms with Gasteiger partial charge in [-0.2, -0.15) is 0 Å². The number of morpholine rings is 1. The minimum Gasteiger partial charge on any atom is -0.379 e. The summed E-state index contributed by atoms with van der Waals surface area (Å²) in [5.74, 6) is 0.0627. The highest BCUT2D eigenvalue weighted by Gasteiger charge is 2.51. The van der Waals surface area contributed by atoms with Gasteiger partial charge in [-0.3, -0.25) is 14.4 Å². The molecule has 2 aromatic carbocycles. The molecule has 1 aliphatic carbocycles. The maximum atomic E-state index is 12.9. The van der Waals surface area contributed by atoms with Gasteiger partial charge >= 0.3 is 0 Å². The molecule has 7 nitrogen and oxygen atoms in total. The van der Waals surface area contributed by atoms with Crippen molar-refractivity contribution < 1.29 is 17.9 Å². The van der Waals surface area contributed by atoms with Gasteiger partial charge in [0.1, 0.15) is 0 Å². The van der Waals surface area contributed by atoms with Crippen LogP contribution in [-0.2, 0) is 25.0 Å². The first kappa shape index (κ1) is 22.8. The highest BCUT2D eigenvalue weighted by Crippen LogP contribution is 2.48. The second kappa shape index (κ2) is 9.60. The standard InChI is InChI=1S/C24H31N3O4S/c1-19-5-2-3-6-22(19)32(29,30)26-21-9-7-20(8-10-21)24(11-12-24)23(28)25-13-4-14-27-15-17-31-18-16-27/h2-3,5-10,26H,4,11-18H2,1H3,(H,25,28). The number of hydrogen-bond acceptors (Lipinski definition) is 5. The Morgan fingerprint density at radius 3 is 2.41 bits per heavy atom. The molecule has 1 saturated heterocycles. The van der Waals surface area contributed by atoms with Crippen molar-refractivity contribution in [2.75, 3.05) is 44.1 Å². The summed E-state index contributed by atoms with van der Waals surface area (Å²) in [5.41, 5.74) is 1.63. The Labute approximate surface area is 190 Å². The molecule has 0 radical (unpaired) electrons. The Hall–Kier alpha value is -2.42. The van der Waals surface area contributed by atoms with Gasteiger partial charge in [0.2, 0.25) is 5.91 Å². The van der Waals surface area contributed by atoms with Crippen LogP contribution in [0.1, 0.15) is 30.4 Å². The third kappa shape index (κ3) is 5.14. The fraction of sp³-hybridized carbons (Fsp3) is 0.458. The molecule has 2 N–H and O–H groups in total. The number of carbonyl (C=O) groups excluding carboxylic acids is 1. The van der Waals surface area contributed by atoms with Gasteiger partial charge in [0.25, 0.3) is 10.0 Å². The van der Waals surface area contributed by atoms with E-state index >= 15 is 0 Å². The zero-order chi connectivity index (χ0) is 22.6. The Kier molecular flexibility index (Phi) is 6.83. The van der Waals surface area contributed by atoms with E-state index in [4.69, 9.17) is 4.74 Å². The van der Waals surface area contributed by atoms with Crippen molar-refractivity contribution >= 4 is 21.6 Å². The smallest absolute Gasteiger partial charge is 0.262 e. The molecule has 1 saturated carbocycles. The summed E-state index contributed by atoms with van der Waals surface area (Å²) >= 11 is 0. The van der Waals surface area contributed by atoms with Crippen molar-refractivity contribution in [3.05, 3.63) is 59.7 Å². The average Bonchev–Trinajstić information content (AvgIpc) is 3.60. The number of aryl methyl sites for hydroxylation is 1. The van der Waals surface area contributed by atoms with Crippen molar-refractivity contribution in [1.82, 2.24) is 10.2 Å².